The van der Waals surface area contributed by atoms with Crippen molar-refractivity contribution in [3.8, 4) is 5.75 Å². The average Bonchev–Trinajstić information content (AvgIpc) is 2.63. The van der Waals surface area contributed by atoms with E-state index in [9.17, 15) is 4.79 Å². The largest absolute Gasteiger partial charge is 0.493 e. The van der Waals surface area contributed by atoms with E-state index in [1.807, 2.05) is 24.3 Å². The molecule has 0 aliphatic heterocycles. The van der Waals surface area contributed by atoms with Crippen LogP contribution in [0.3, 0.4) is 0 Å². The molecular formula is C21H26N2O2S. The summed E-state index contributed by atoms with van der Waals surface area (Å²) in [4.78, 5) is 11.8. The smallest absolute Gasteiger partial charge is 0.250 e. The third-order valence-electron chi connectivity index (χ3n) is 3.49. The summed E-state index contributed by atoms with van der Waals surface area (Å²) in [5, 5.41) is 4.00. The first-order chi connectivity index (χ1) is 12.5. The Morgan fingerprint density at radius 3 is 2.50 bits per heavy atom. The molecule has 1 N–H and O–H groups in total. The maximum Gasteiger partial charge on any atom is 0.250 e. The molecule has 5 heteroatoms. The number of rotatable bonds is 9. The molecule has 0 saturated heterocycles. The van der Waals surface area contributed by atoms with Gasteiger partial charge in [-0.05, 0) is 48.2 Å². The minimum atomic E-state index is -0.102. The van der Waals surface area contributed by atoms with E-state index in [1.165, 1.54) is 11.1 Å². The fourth-order valence-corrected chi connectivity index (χ4v) is 2.85. The molecule has 1 amide bonds. The van der Waals surface area contributed by atoms with Crippen molar-refractivity contribution in [3.63, 3.8) is 0 Å². The third-order valence-corrected chi connectivity index (χ3v) is 4.49. The SMILES string of the molecule is Cc1ccc(CSCC(=O)NN=Cc2ccc(OCC(C)C)cc2)cc1. The van der Waals surface area contributed by atoms with Crippen LogP contribution in [-0.2, 0) is 10.5 Å². The molecule has 2 aromatic rings. The van der Waals surface area contributed by atoms with Gasteiger partial charge in [0.2, 0.25) is 5.91 Å². The quantitative estimate of drug-likeness (QED) is 0.525. The minimum absolute atomic E-state index is 0.102. The van der Waals surface area contributed by atoms with Crippen LogP contribution in [-0.4, -0.2) is 24.5 Å². The monoisotopic (exact) mass is 370 g/mol. The second-order valence-corrected chi connectivity index (χ2v) is 7.53. The topological polar surface area (TPSA) is 50.7 Å². The second-order valence-electron chi connectivity index (χ2n) is 6.55. The Balaban J connectivity index is 1.68. The summed E-state index contributed by atoms with van der Waals surface area (Å²) < 4.78 is 5.64. The van der Waals surface area contributed by atoms with Gasteiger partial charge >= 0.3 is 0 Å². The van der Waals surface area contributed by atoms with Gasteiger partial charge in [0.05, 0.1) is 18.6 Å². The van der Waals surface area contributed by atoms with Crippen LogP contribution < -0.4 is 10.2 Å². The maximum atomic E-state index is 11.8. The Kier molecular flexibility index (Phi) is 8.22. The molecule has 0 aliphatic rings. The van der Waals surface area contributed by atoms with E-state index in [0.717, 1.165) is 17.1 Å². The normalized spacial score (nSPS) is 11.1. The Bertz CT molecular complexity index is 710. The molecule has 0 aliphatic carbocycles. The highest BCUT2D eigenvalue weighted by Crippen LogP contribution is 2.13. The molecule has 0 aromatic heterocycles. The number of amides is 1. The molecule has 0 fully saturated rings. The molecule has 0 bridgehead atoms. The Hall–Kier alpha value is -2.27. The van der Waals surface area contributed by atoms with E-state index in [0.29, 0.717) is 18.3 Å². The number of hydrazone groups is 1. The summed E-state index contributed by atoms with van der Waals surface area (Å²) in [6, 6.07) is 16.0. The molecule has 0 radical (unpaired) electrons. The molecule has 0 saturated carbocycles. The van der Waals surface area contributed by atoms with E-state index < -0.39 is 0 Å². The van der Waals surface area contributed by atoms with Crippen LogP contribution in [0.5, 0.6) is 5.75 Å². The van der Waals surface area contributed by atoms with E-state index >= 15 is 0 Å². The lowest BCUT2D eigenvalue weighted by Crippen LogP contribution is -2.19. The lowest BCUT2D eigenvalue weighted by molar-refractivity contribution is -0.118. The van der Waals surface area contributed by atoms with Crippen LogP contribution in [0.15, 0.2) is 53.6 Å². The Morgan fingerprint density at radius 1 is 1.15 bits per heavy atom. The number of thioether (sulfide) groups is 1. The molecule has 0 atom stereocenters. The van der Waals surface area contributed by atoms with Crippen molar-refractivity contribution < 1.29 is 9.53 Å². The molecule has 0 unspecified atom stereocenters. The van der Waals surface area contributed by atoms with E-state index in [2.05, 4.69) is 55.6 Å². The number of aryl methyl sites for hydroxylation is 1. The summed E-state index contributed by atoms with van der Waals surface area (Å²) in [6.45, 7) is 6.99. The fourth-order valence-electron chi connectivity index (χ4n) is 2.07. The lowest BCUT2D eigenvalue weighted by atomic mass is 10.2. The molecular weight excluding hydrogens is 344 g/mol. The highest BCUT2D eigenvalue weighted by atomic mass is 32.2. The third kappa shape index (κ3) is 7.74. The number of carbonyl (C=O) groups is 1. The standard InChI is InChI=1S/C21H26N2O2S/c1-16(2)13-25-20-10-8-18(9-11-20)12-22-23-21(24)15-26-14-19-6-4-17(3)5-7-19/h4-12,16H,13-15H2,1-3H3,(H,23,24). The van der Waals surface area contributed by atoms with E-state index in [-0.39, 0.29) is 5.91 Å². The number of benzene rings is 2. The molecule has 138 valence electrons. The first kappa shape index (κ1) is 20.0. The molecule has 2 aromatic carbocycles. The van der Waals surface area contributed by atoms with Gasteiger partial charge in [0.1, 0.15) is 5.75 Å². The van der Waals surface area contributed by atoms with Crippen molar-refractivity contribution in [2.24, 2.45) is 11.0 Å². The average molecular weight is 371 g/mol. The predicted molar refractivity (Wildman–Crippen MR) is 110 cm³/mol. The van der Waals surface area contributed by atoms with Crippen molar-refractivity contribution in [3.05, 3.63) is 65.2 Å². The first-order valence-electron chi connectivity index (χ1n) is 8.71. The maximum absolute atomic E-state index is 11.8. The number of ether oxygens (including phenoxy) is 1. The van der Waals surface area contributed by atoms with Crippen LogP contribution in [0.25, 0.3) is 0 Å². The number of hydrogen-bond acceptors (Lipinski definition) is 4. The van der Waals surface area contributed by atoms with Crippen molar-refractivity contribution in [2.45, 2.75) is 26.5 Å². The Morgan fingerprint density at radius 2 is 1.85 bits per heavy atom. The lowest BCUT2D eigenvalue weighted by Gasteiger charge is -2.08. The van der Waals surface area contributed by atoms with Crippen LogP contribution in [0.2, 0.25) is 0 Å². The van der Waals surface area contributed by atoms with Crippen molar-refractivity contribution in [1.29, 1.82) is 0 Å². The zero-order valence-electron chi connectivity index (χ0n) is 15.6. The van der Waals surface area contributed by atoms with Gasteiger partial charge < -0.3 is 4.74 Å². The van der Waals surface area contributed by atoms with Gasteiger partial charge in [-0.3, -0.25) is 4.79 Å². The zero-order valence-corrected chi connectivity index (χ0v) is 16.4. The van der Waals surface area contributed by atoms with Gasteiger partial charge in [0.15, 0.2) is 0 Å². The van der Waals surface area contributed by atoms with Gasteiger partial charge in [-0.1, -0.05) is 43.7 Å². The van der Waals surface area contributed by atoms with Crippen LogP contribution in [0.4, 0.5) is 0 Å². The minimum Gasteiger partial charge on any atom is -0.493 e. The van der Waals surface area contributed by atoms with Crippen LogP contribution >= 0.6 is 11.8 Å². The van der Waals surface area contributed by atoms with Gasteiger partial charge in [-0.15, -0.1) is 11.8 Å². The molecule has 0 heterocycles. The first-order valence-corrected chi connectivity index (χ1v) is 9.86. The van der Waals surface area contributed by atoms with Crippen LogP contribution in [0.1, 0.15) is 30.5 Å². The van der Waals surface area contributed by atoms with E-state index in [1.54, 1.807) is 18.0 Å². The number of nitrogens with zero attached hydrogens (tertiary/aromatic N) is 1. The number of hydrogen-bond donors (Lipinski definition) is 1. The highest BCUT2D eigenvalue weighted by Gasteiger charge is 2.01. The molecule has 4 nitrogen and oxygen atoms in total. The summed E-state index contributed by atoms with van der Waals surface area (Å²) in [7, 11) is 0. The van der Waals surface area contributed by atoms with E-state index in [4.69, 9.17) is 4.74 Å². The van der Waals surface area contributed by atoms with Crippen molar-refractivity contribution in [1.82, 2.24) is 5.43 Å². The predicted octanol–water partition coefficient (Wildman–Crippen LogP) is 4.41. The number of nitrogens with one attached hydrogen (secondary N) is 1. The van der Waals surface area contributed by atoms with Crippen molar-refractivity contribution >= 4 is 23.9 Å². The van der Waals surface area contributed by atoms with Gasteiger partial charge in [-0.2, -0.15) is 5.10 Å². The van der Waals surface area contributed by atoms with Gasteiger partial charge in [-0.25, -0.2) is 5.43 Å². The Labute approximate surface area is 160 Å². The van der Waals surface area contributed by atoms with Crippen molar-refractivity contribution in [2.75, 3.05) is 12.4 Å². The molecule has 26 heavy (non-hydrogen) atoms. The summed E-state index contributed by atoms with van der Waals surface area (Å²) in [6.07, 6.45) is 1.63. The zero-order chi connectivity index (χ0) is 18.8. The summed E-state index contributed by atoms with van der Waals surface area (Å²) >= 11 is 1.57. The summed E-state index contributed by atoms with van der Waals surface area (Å²) in [5.41, 5.74) is 5.93. The highest BCUT2D eigenvalue weighted by molar-refractivity contribution is 7.99. The number of carbonyl (C=O) groups excluding carboxylic acids is 1. The second kappa shape index (κ2) is 10.7. The van der Waals surface area contributed by atoms with Gasteiger partial charge in [0, 0.05) is 5.75 Å². The summed E-state index contributed by atoms with van der Waals surface area (Å²) in [5.74, 6) is 2.43. The van der Waals surface area contributed by atoms with Crippen LogP contribution in [0, 0.1) is 12.8 Å². The molecule has 2 rings (SSSR count). The van der Waals surface area contributed by atoms with Gasteiger partial charge in [0.25, 0.3) is 0 Å². The molecule has 0 spiro atoms. The fraction of sp³-hybridized carbons (Fsp3) is 0.333.